The predicted octanol–water partition coefficient (Wildman–Crippen LogP) is 4.77. The zero-order valence-corrected chi connectivity index (χ0v) is 14.3. The van der Waals surface area contributed by atoms with Gasteiger partial charge >= 0.3 is 0 Å². The molecule has 0 spiro atoms. The molecule has 116 valence electrons. The largest absolute Gasteiger partial charge is 0.339 e. The van der Waals surface area contributed by atoms with Crippen molar-refractivity contribution in [3.05, 3.63) is 65.2 Å². The van der Waals surface area contributed by atoms with Gasteiger partial charge in [-0.3, -0.25) is 4.79 Å². The van der Waals surface area contributed by atoms with E-state index in [9.17, 15) is 4.79 Å². The molecule has 0 bridgehead atoms. The highest BCUT2D eigenvalue weighted by atomic mass is 32.2. The van der Waals surface area contributed by atoms with Crippen LogP contribution in [0.2, 0.25) is 0 Å². The molecule has 2 aromatic rings. The number of carbonyl (C=O) groups is 1. The highest BCUT2D eigenvalue weighted by Gasteiger charge is 2.11. The maximum Gasteiger partial charge on any atom is 0.253 e. The first-order valence-corrected chi connectivity index (χ1v) is 8.70. The fourth-order valence-electron chi connectivity index (χ4n) is 2.24. The number of aryl methyl sites for hydroxylation is 1. The Hall–Kier alpha value is -1.74. The van der Waals surface area contributed by atoms with Gasteiger partial charge in [0.05, 0.1) is 0 Å². The van der Waals surface area contributed by atoms with Crippen molar-refractivity contribution < 1.29 is 4.79 Å². The summed E-state index contributed by atoms with van der Waals surface area (Å²) in [6, 6.07) is 16.5. The molecule has 2 aromatic carbocycles. The maximum atomic E-state index is 12.3. The zero-order chi connectivity index (χ0) is 15.9. The van der Waals surface area contributed by atoms with Crippen LogP contribution in [0.4, 0.5) is 0 Å². The summed E-state index contributed by atoms with van der Waals surface area (Å²) in [5, 5.41) is 0. The minimum absolute atomic E-state index is 0.114. The van der Waals surface area contributed by atoms with Crippen LogP contribution in [0.15, 0.2) is 53.4 Å². The monoisotopic (exact) mass is 313 g/mol. The third-order valence-corrected chi connectivity index (χ3v) is 4.76. The predicted molar refractivity (Wildman–Crippen MR) is 94.4 cm³/mol. The minimum atomic E-state index is 0.114. The van der Waals surface area contributed by atoms with Gasteiger partial charge in [0.15, 0.2) is 0 Å². The van der Waals surface area contributed by atoms with Crippen molar-refractivity contribution in [2.75, 3.05) is 13.1 Å². The van der Waals surface area contributed by atoms with Crippen molar-refractivity contribution in [2.24, 2.45) is 0 Å². The third-order valence-electron chi connectivity index (χ3n) is 3.68. The van der Waals surface area contributed by atoms with E-state index in [0.29, 0.717) is 0 Å². The number of hydrogen-bond acceptors (Lipinski definition) is 2. The van der Waals surface area contributed by atoms with Crippen LogP contribution in [0, 0.1) is 6.92 Å². The van der Waals surface area contributed by atoms with Crippen LogP contribution in [-0.2, 0) is 5.75 Å². The Morgan fingerprint density at radius 3 is 2.09 bits per heavy atom. The molecular formula is C19H23NOS. The van der Waals surface area contributed by atoms with E-state index >= 15 is 0 Å². The first-order chi connectivity index (χ1) is 10.6. The molecule has 0 saturated heterocycles. The topological polar surface area (TPSA) is 20.3 Å². The number of hydrogen-bond donors (Lipinski definition) is 0. The fourth-order valence-corrected chi connectivity index (χ4v) is 3.09. The average molecular weight is 313 g/mol. The smallest absolute Gasteiger partial charge is 0.253 e. The number of rotatable bonds is 6. The molecule has 0 saturated carbocycles. The van der Waals surface area contributed by atoms with E-state index < -0.39 is 0 Å². The van der Waals surface area contributed by atoms with Gasteiger partial charge in [-0.15, -0.1) is 11.8 Å². The lowest BCUT2D eigenvalue weighted by molar-refractivity contribution is 0.0773. The number of carbonyl (C=O) groups excluding carboxylic acids is 1. The van der Waals surface area contributed by atoms with Crippen LogP contribution < -0.4 is 0 Å². The number of benzene rings is 2. The quantitative estimate of drug-likeness (QED) is 0.716. The summed E-state index contributed by atoms with van der Waals surface area (Å²) < 4.78 is 0. The summed E-state index contributed by atoms with van der Waals surface area (Å²) in [5.74, 6) is 1.03. The van der Waals surface area contributed by atoms with Crippen molar-refractivity contribution in [3.8, 4) is 0 Å². The van der Waals surface area contributed by atoms with Crippen LogP contribution in [0.3, 0.4) is 0 Å². The van der Waals surface area contributed by atoms with E-state index in [1.807, 2.05) is 42.6 Å². The number of amides is 1. The van der Waals surface area contributed by atoms with Gasteiger partial charge in [-0.1, -0.05) is 29.8 Å². The molecule has 0 atom stereocenters. The van der Waals surface area contributed by atoms with Crippen LogP contribution in [0.5, 0.6) is 0 Å². The Bertz CT molecular complexity index is 600. The highest BCUT2D eigenvalue weighted by Crippen LogP contribution is 2.23. The summed E-state index contributed by atoms with van der Waals surface area (Å²) >= 11 is 1.82. The van der Waals surface area contributed by atoms with Gasteiger partial charge < -0.3 is 4.90 Å². The van der Waals surface area contributed by atoms with Gasteiger partial charge in [0.1, 0.15) is 0 Å². The second kappa shape index (κ2) is 8.04. The average Bonchev–Trinajstić information content (AvgIpc) is 2.56. The van der Waals surface area contributed by atoms with E-state index in [4.69, 9.17) is 0 Å². The van der Waals surface area contributed by atoms with Crippen LogP contribution in [-0.4, -0.2) is 23.9 Å². The molecule has 0 heterocycles. The van der Waals surface area contributed by atoms with Gasteiger partial charge in [0.25, 0.3) is 5.91 Å². The van der Waals surface area contributed by atoms with Crippen molar-refractivity contribution in [1.82, 2.24) is 4.90 Å². The first kappa shape index (κ1) is 16.6. The molecule has 1 amide bonds. The second-order valence-electron chi connectivity index (χ2n) is 5.28. The highest BCUT2D eigenvalue weighted by molar-refractivity contribution is 7.98. The molecule has 0 aliphatic heterocycles. The fraction of sp³-hybridized carbons (Fsp3) is 0.316. The van der Waals surface area contributed by atoms with E-state index in [-0.39, 0.29) is 5.91 Å². The van der Waals surface area contributed by atoms with Gasteiger partial charge in [0, 0.05) is 29.3 Å². The van der Waals surface area contributed by atoms with Gasteiger partial charge in [-0.2, -0.15) is 0 Å². The summed E-state index contributed by atoms with van der Waals surface area (Å²) in [6.45, 7) is 7.61. The van der Waals surface area contributed by atoms with E-state index in [2.05, 4.69) is 43.3 Å². The van der Waals surface area contributed by atoms with Crippen LogP contribution in [0.1, 0.15) is 35.3 Å². The summed E-state index contributed by atoms with van der Waals surface area (Å²) in [7, 11) is 0. The van der Waals surface area contributed by atoms with Gasteiger partial charge in [-0.25, -0.2) is 0 Å². The molecule has 0 radical (unpaired) electrons. The molecule has 0 aromatic heterocycles. The second-order valence-corrected chi connectivity index (χ2v) is 6.32. The van der Waals surface area contributed by atoms with E-state index in [0.717, 1.165) is 24.4 Å². The molecule has 0 aliphatic rings. The van der Waals surface area contributed by atoms with Crippen molar-refractivity contribution in [1.29, 1.82) is 0 Å². The Labute approximate surface area is 137 Å². The molecule has 0 unspecified atom stereocenters. The molecule has 0 fully saturated rings. The zero-order valence-electron chi connectivity index (χ0n) is 13.5. The Balaban J connectivity index is 1.97. The van der Waals surface area contributed by atoms with Crippen molar-refractivity contribution >= 4 is 17.7 Å². The Morgan fingerprint density at radius 1 is 0.955 bits per heavy atom. The molecule has 22 heavy (non-hydrogen) atoms. The Kier molecular flexibility index (Phi) is 6.08. The molecule has 2 nitrogen and oxygen atoms in total. The van der Waals surface area contributed by atoms with Gasteiger partial charge in [0.2, 0.25) is 0 Å². The van der Waals surface area contributed by atoms with Crippen molar-refractivity contribution in [2.45, 2.75) is 31.4 Å². The molecular weight excluding hydrogens is 290 g/mol. The lowest BCUT2D eigenvalue weighted by atomic mass is 10.1. The van der Waals surface area contributed by atoms with Crippen LogP contribution in [0.25, 0.3) is 0 Å². The van der Waals surface area contributed by atoms with E-state index in [1.165, 1.54) is 16.0 Å². The van der Waals surface area contributed by atoms with Gasteiger partial charge in [-0.05, 0) is 50.6 Å². The normalized spacial score (nSPS) is 10.5. The number of nitrogens with zero attached hydrogens (tertiary/aromatic N) is 1. The summed E-state index contributed by atoms with van der Waals surface area (Å²) in [5.41, 5.74) is 3.29. The van der Waals surface area contributed by atoms with Crippen LogP contribution >= 0.6 is 11.8 Å². The van der Waals surface area contributed by atoms with E-state index in [1.54, 1.807) is 0 Å². The molecule has 0 N–H and O–H groups in total. The first-order valence-electron chi connectivity index (χ1n) is 7.71. The molecule has 0 aliphatic carbocycles. The Morgan fingerprint density at radius 2 is 1.55 bits per heavy atom. The minimum Gasteiger partial charge on any atom is -0.339 e. The number of thioether (sulfide) groups is 1. The SMILES string of the molecule is CCN(CC)C(=O)c1ccc(CSc2ccc(C)cc2)cc1. The lowest BCUT2D eigenvalue weighted by Gasteiger charge is -2.18. The van der Waals surface area contributed by atoms with Crippen molar-refractivity contribution in [3.63, 3.8) is 0 Å². The third kappa shape index (κ3) is 4.38. The molecule has 2 rings (SSSR count). The summed E-state index contributed by atoms with van der Waals surface area (Å²) in [4.78, 5) is 15.4. The standard InChI is InChI=1S/C19H23NOS/c1-4-20(5-2)19(21)17-10-8-16(9-11-17)14-22-18-12-6-15(3)7-13-18/h6-13H,4-5,14H2,1-3H3. The summed E-state index contributed by atoms with van der Waals surface area (Å²) in [6.07, 6.45) is 0. The lowest BCUT2D eigenvalue weighted by Crippen LogP contribution is -2.30. The molecule has 3 heteroatoms. The maximum absolute atomic E-state index is 12.3.